The Morgan fingerprint density at radius 2 is 1.74 bits per heavy atom. The first-order valence-corrected chi connectivity index (χ1v) is 6.74. The van der Waals surface area contributed by atoms with E-state index >= 15 is 0 Å². The van der Waals surface area contributed by atoms with Gasteiger partial charge in [0.05, 0.1) is 19.1 Å². The lowest BCUT2D eigenvalue weighted by Crippen LogP contribution is -2.02. The minimum absolute atomic E-state index is 0.0382. The van der Waals surface area contributed by atoms with Crippen molar-refractivity contribution in [3.05, 3.63) is 57.4 Å². The molecule has 0 saturated heterocycles. The van der Waals surface area contributed by atoms with Gasteiger partial charge < -0.3 is 14.2 Å². The van der Waals surface area contributed by atoms with E-state index in [1.165, 1.54) is 14.2 Å². The fourth-order valence-corrected chi connectivity index (χ4v) is 2.09. The normalized spacial score (nSPS) is 10.3. The molecule has 6 nitrogen and oxygen atoms in total. The van der Waals surface area contributed by atoms with Crippen molar-refractivity contribution in [1.82, 2.24) is 0 Å². The molecule has 122 valence electrons. The maximum atomic E-state index is 13.3. The van der Waals surface area contributed by atoms with Crippen LogP contribution in [0.2, 0.25) is 0 Å². The highest BCUT2D eigenvalue weighted by Gasteiger charge is 2.17. The van der Waals surface area contributed by atoms with Crippen molar-refractivity contribution in [3.8, 4) is 17.2 Å². The van der Waals surface area contributed by atoms with Gasteiger partial charge in [-0.25, -0.2) is 4.39 Å². The second kappa shape index (κ2) is 6.95. The third-order valence-corrected chi connectivity index (χ3v) is 3.34. The van der Waals surface area contributed by atoms with Crippen molar-refractivity contribution in [2.75, 3.05) is 14.2 Å². The molecule has 0 unspecified atom stereocenters. The molecule has 0 aliphatic carbocycles. The molecule has 0 aliphatic heterocycles. The summed E-state index contributed by atoms with van der Waals surface area (Å²) in [6.07, 6.45) is 0. The van der Waals surface area contributed by atoms with Crippen LogP contribution in [0, 0.1) is 22.9 Å². The van der Waals surface area contributed by atoms with Crippen LogP contribution in [0.15, 0.2) is 30.3 Å². The second-order valence-electron chi connectivity index (χ2n) is 4.79. The van der Waals surface area contributed by atoms with Crippen molar-refractivity contribution < 1.29 is 23.5 Å². The molecule has 0 spiro atoms. The largest absolute Gasteiger partial charge is 0.493 e. The fraction of sp³-hybridized carbons (Fsp3) is 0.250. The summed E-state index contributed by atoms with van der Waals surface area (Å²) in [4.78, 5) is 10.3. The number of hydrogen-bond donors (Lipinski definition) is 0. The van der Waals surface area contributed by atoms with Crippen molar-refractivity contribution in [3.63, 3.8) is 0 Å². The van der Waals surface area contributed by atoms with Gasteiger partial charge in [0, 0.05) is 12.1 Å². The van der Waals surface area contributed by atoms with Gasteiger partial charge in [-0.15, -0.1) is 0 Å². The number of halogens is 1. The van der Waals surface area contributed by atoms with E-state index in [9.17, 15) is 14.5 Å². The smallest absolute Gasteiger partial charge is 0.311 e. The molecule has 0 atom stereocenters. The minimum atomic E-state index is -0.615. The van der Waals surface area contributed by atoms with E-state index in [1.807, 2.05) is 6.92 Å². The first-order valence-electron chi connectivity index (χ1n) is 6.74. The average molecular weight is 321 g/mol. The molecule has 0 aromatic heterocycles. The van der Waals surface area contributed by atoms with E-state index in [1.54, 1.807) is 12.1 Å². The quantitative estimate of drug-likeness (QED) is 0.600. The zero-order valence-electron chi connectivity index (χ0n) is 13.0. The van der Waals surface area contributed by atoms with Gasteiger partial charge in [0.15, 0.2) is 17.2 Å². The van der Waals surface area contributed by atoms with Crippen LogP contribution < -0.4 is 14.2 Å². The lowest BCUT2D eigenvalue weighted by molar-refractivity contribution is -0.386. The van der Waals surface area contributed by atoms with Crippen LogP contribution in [0.3, 0.4) is 0 Å². The van der Waals surface area contributed by atoms with E-state index in [-0.39, 0.29) is 18.0 Å². The van der Waals surface area contributed by atoms with Gasteiger partial charge in [-0.1, -0.05) is 0 Å². The number of aryl methyl sites for hydroxylation is 1. The van der Waals surface area contributed by atoms with Crippen molar-refractivity contribution in [2.45, 2.75) is 13.5 Å². The molecule has 0 aliphatic rings. The highest BCUT2D eigenvalue weighted by atomic mass is 19.1. The monoisotopic (exact) mass is 321 g/mol. The fourth-order valence-electron chi connectivity index (χ4n) is 2.09. The molecule has 0 bridgehead atoms. The number of nitro groups is 1. The van der Waals surface area contributed by atoms with Gasteiger partial charge in [0.2, 0.25) is 0 Å². The number of ether oxygens (including phenoxy) is 3. The van der Waals surface area contributed by atoms with Crippen LogP contribution in [0.5, 0.6) is 17.2 Å². The molecule has 2 rings (SSSR count). The number of hydrogen-bond acceptors (Lipinski definition) is 5. The van der Waals surface area contributed by atoms with E-state index in [0.717, 1.165) is 29.3 Å². The molecule has 0 radical (unpaired) electrons. The number of rotatable bonds is 6. The van der Waals surface area contributed by atoms with E-state index in [0.29, 0.717) is 11.5 Å². The molecule has 0 saturated carbocycles. The molecule has 0 heterocycles. The summed E-state index contributed by atoms with van der Waals surface area (Å²) in [7, 11) is 3.04. The van der Waals surface area contributed by atoms with Gasteiger partial charge in [-0.3, -0.25) is 10.1 Å². The van der Waals surface area contributed by atoms with Crippen molar-refractivity contribution in [1.29, 1.82) is 0 Å². The first-order chi connectivity index (χ1) is 11.0. The molecule has 23 heavy (non-hydrogen) atoms. The Morgan fingerprint density at radius 3 is 2.35 bits per heavy atom. The van der Waals surface area contributed by atoms with E-state index < -0.39 is 10.7 Å². The summed E-state index contributed by atoms with van der Waals surface area (Å²) in [5.74, 6) is 0.370. The minimum Gasteiger partial charge on any atom is -0.493 e. The Bertz CT molecular complexity index is 733. The highest BCUT2D eigenvalue weighted by Crippen LogP contribution is 2.32. The lowest BCUT2D eigenvalue weighted by Gasteiger charge is -2.13. The van der Waals surface area contributed by atoms with Crippen molar-refractivity contribution >= 4 is 5.69 Å². The summed E-state index contributed by atoms with van der Waals surface area (Å²) in [6, 6.07) is 6.59. The summed E-state index contributed by atoms with van der Waals surface area (Å²) >= 11 is 0. The third kappa shape index (κ3) is 3.68. The maximum absolute atomic E-state index is 13.3. The predicted octanol–water partition coefficient (Wildman–Crippen LogP) is 3.64. The molecule has 0 N–H and O–H groups in total. The molecular formula is C16H16FNO5. The van der Waals surface area contributed by atoms with Crippen LogP contribution in [-0.4, -0.2) is 19.1 Å². The third-order valence-electron chi connectivity index (χ3n) is 3.34. The summed E-state index contributed by atoms with van der Waals surface area (Å²) < 4.78 is 29.1. The number of nitrogens with zero attached hydrogens (tertiary/aromatic N) is 1. The van der Waals surface area contributed by atoms with Crippen LogP contribution in [0.4, 0.5) is 10.1 Å². The van der Waals surface area contributed by atoms with E-state index in [2.05, 4.69) is 0 Å². The Hall–Kier alpha value is -2.83. The zero-order valence-corrected chi connectivity index (χ0v) is 13.0. The Labute approximate surface area is 132 Å². The standard InChI is InChI=1S/C16H16FNO5/c1-10-6-15(21-2)16(22-3)7-11(10)9-23-14-8-12(17)4-5-13(14)18(19)20/h4-8H,9H2,1-3H3. The Balaban J connectivity index is 2.28. The van der Waals surface area contributed by atoms with E-state index in [4.69, 9.17) is 14.2 Å². The zero-order chi connectivity index (χ0) is 17.0. The van der Waals surface area contributed by atoms with Gasteiger partial charge >= 0.3 is 5.69 Å². The van der Waals surface area contributed by atoms with Gasteiger partial charge in [0.25, 0.3) is 0 Å². The summed E-state index contributed by atoms with van der Waals surface area (Å²) in [5, 5.41) is 11.0. The molecule has 2 aromatic carbocycles. The maximum Gasteiger partial charge on any atom is 0.311 e. The molecular weight excluding hydrogens is 305 g/mol. The molecule has 7 heteroatoms. The van der Waals surface area contributed by atoms with Gasteiger partial charge in [-0.05, 0) is 36.2 Å². The SMILES string of the molecule is COc1cc(C)c(COc2cc(F)ccc2[N+](=O)[O-])cc1OC. The lowest BCUT2D eigenvalue weighted by atomic mass is 10.1. The number of methoxy groups -OCH3 is 2. The first kappa shape index (κ1) is 16.5. The number of nitro benzene ring substituents is 1. The van der Waals surface area contributed by atoms with Crippen LogP contribution in [0.1, 0.15) is 11.1 Å². The van der Waals surface area contributed by atoms with Crippen LogP contribution >= 0.6 is 0 Å². The molecule has 0 fully saturated rings. The summed E-state index contributed by atoms with van der Waals surface area (Å²) in [6.45, 7) is 1.89. The topological polar surface area (TPSA) is 70.8 Å². The van der Waals surface area contributed by atoms with Gasteiger partial charge in [-0.2, -0.15) is 0 Å². The number of benzene rings is 2. The average Bonchev–Trinajstić information content (AvgIpc) is 2.53. The molecule has 0 amide bonds. The Kier molecular flexibility index (Phi) is 5.00. The second-order valence-corrected chi connectivity index (χ2v) is 4.79. The molecule has 2 aromatic rings. The predicted molar refractivity (Wildman–Crippen MR) is 81.7 cm³/mol. The Morgan fingerprint density at radius 1 is 1.09 bits per heavy atom. The highest BCUT2D eigenvalue weighted by molar-refractivity contribution is 5.48. The van der Waals surface area contributed by atoms with Crippen LogP contribution in [-0.2, 0) is 6.61 Å². The summed E-state index contributed by atoms with van der Waals surface area (Å²) in [5.41, 5.74) is 1.33. The van der Waals surface area contributed by atoms with Crippen LogP contribution in [0.25, 0.3) is 0 Å². The van der Waals surface area contributed by atoms with Crippen molar-refractivity contribution in [2.24, 2.45) is 0 Å². The van der Waals surface area contributed by atoms with Gasteiger partial charge in [0.1, 0.15) is 12.4 Å².